The topological polar surface area (TPSA) is 86.3 Å². The summed E-state index contributed by atoms with van der Waals surface area (Å²) in [5, 5.41) is 5.48. The number of amides is 1. The summed E-state index contributed by atoms with van der Waals surface area (Å²) in [6, 6.07) is 19.4. The van der Waals surface area contributed by atoms with Gasteiger partial charge in [-0.1, -0.05) is 24.8 Å². The summed E-state index contributed by atoms with van der Waals surface area (Å²) in [7, 11) is 0. The summed E-state index contributed by atoms with van der Waals surface area (Å²) in [6.45, 7) is 4.94. The minimum atomic E-state index is -0.0516. The summed E-state index contributed by atoms with van der Waals surface area (Å²) >= 11 is 0. The fourth-order valence-corrected chi connectivity index (χ4v) is 4.40. The van der Waals surface area contributed by atoms with Crippen LogP contribution < -0.4 is 10.5 Å². The second-order valence-electron chi connectivity index (χ2n) is 8.11. The van der Waals surface area contributed by atoms with Crippen LogP contribution in [0.5, 0.6) is 11.5 Å². The van der Waals surface area contributed by atoms with Gasteiger partial charge in [0.15, 0.2) is 5.82 Å². The third-order valence-electron chi connectivity index (χ3n) is 5.98. The summed E-state index contributed by atoms with van der Waals surface area (Å²) in [6.07, 6.45) is 4.98. The molecule has 3 heterocycles. The average Bonchev–Trinajstić information content (AvgIpc) is 3.21. The van der Waals surface area contributed by atoms with Crippen molar-refractivity contribution in [3.63, 3.8) is 0 Å². The first-order valence-corrected chi connectivity index (χ1v) is 11.0. The Hall–Kier alpha value is -4.13. The zero-order valence-corrected chi connectivity index (χ0v) is 18.2. The number of rotatable bonds is 5. The van der Waals surface area contributed by atoms with Crippen LogP contribution >= 0.6 is 0 Å². The van der Waals surface area contributed by atoms with Crippen LogP contribution in [0.15, 0.2) is 79.5 Å². The molecule has 166 valence electrons. The molecule has 1 amide bonds. The normalized spacial score (nSPS) is 16.0. The van der Waals surface area contributed by atoms with Crippen molar-refractivity contribution in [2.45, 2.75) is 18.9 Å². The van der Waals surface area contributed by atoms with Gasteiger partial charge in [0, 0.05) is 24.8 Å². The molecule has 1 atom stereocenters. The molecule has 1 aliphatic rings. The highest BCUT2D eigenvalue weighted by Gasteiger charge is 2.26. The molecule has 0 saturated carbocycles. The van der Waals surface area contributed by atoms with E-state index in [4.69, 9.17) is 10.5 Å². The van der Waals surface area contributed by atoms with E-state index in [1.807, 2.05) is 70.2 Å². The number of hydrogen-bond donors (Lipinski definition) is 1. The molecule has 7 nitrogen and oxygen atoms in total. The molecule has 2 N–H and O–H groups in total. The van der Waals surface area contributed by atoms with Gasteiger partial charge in [0.2, 0.25) is 5.91 Å². The Bertz CT molecular complexity index is 1300. The summed E-state index contributed by atoms with van der Waals surface area (Å²) in [4.78, 5) is 18.6. The van der Waals surface area contributed by atoms with E-state index in [2.05, 4.69) is 16.7 Å². The van der Waals surface area contributed by atoms with Crippen LogP contribution in [0.1, 0.15) is 18.9 Å². The number of nitrogens with two attached hydrogens (primary N) is 1. The first-order valence-electron chi connectivity index (χ1n) is 11.0. The van der Waals surface area contributed by atoms with Crippen LogP contribution in [-0.2, 0) is 4.79 Å². The van der Waals surface area contributed by atoms with E-state index in [1.54, 1.807) is 6.20 Å². The maximum atomic E-state index is 12.1. The van der Waals surface area contributed by atoms with Gasteiger partial charge in [-0.3, -0.25) is 14.5 Å². The van der Waals surface area contributed by atoms with Gasteiger partial charge in [-0.25, -0.2) is 0 Å². The van der Waals surface area contributed by atoms with Crippen molar-refractivity contribution in [3.8, 4) is 22.8 Å². The van der Waals surface area contributed by atoms with Crippen molar-refractivity contribution in [2.75, 3.05) is 18.8 Å². The van der Waals surface area contributed by atoms with Crippen molar-refractivity contribution in [1.29, 1.82) is 0 Å². The second kappa shape index (κ2) is 8.78. The molecule has 0 radical (unpaired) electrons. The van der Waals surface area contributed by atoms with E-state index in [-0.39, 0.29) is 11.9 Å². The van der Waals surface area contributed by atoms with Crippen LogP contribution in [0.2, 0.25) is 0 Å². The van der Waals surface area contributed by atoms with E-state index < -0.39 is 0 Å². The third-order valence-corrected chi connectivity index (χ3v) is 5.98. The van der Waals surface area contributed by atoms with Crippen LogP contribution in [0, 0.1) is 0 Å². The van der Waals surface area contributed by atoms with Gasteiger partial charge in [0.25, 0.3) is 0 Å². The molecule has 5 rings (SSSR count). The van der Waals surface area contributed by atoms with E-state index in [0.29, 0.717) is 12.4 Å². The number of nitrogen functional groups attached to an aromatic ring is 1. The Balaban J connectivity index is 1.46. The number of pyridine rings is 1. The van der Waals surface area contributed by atoms with Crippen molar-refractivity contribution in [2.24, 2.45) is 0 Å². The highest BCUT2D eigenvalue weighted by molar-refractivity contribution is 6.00. The minimum Gasteiger partial charge on any atom is -0.457 e. The number of carbonyl (C=O) groups is 1. The van der Waals surface area contributed by atoms with Crippen LogP contribution in [-0.4, -0.2) is 38.7 Å². The molecule has 0 aliphatic carbocycles. The van der Waals surface area contributed by atoms with E-state index in [9.17, 15) is 4.79 Å². The molecule has 0 spiro atoms. The van der Waals surface area contributed by atoms with E-state index in [1.165, 1.54) is 6.08 Å². The lowest BCUT2D eigenvalue weighted by Crippen LogP contribution is -2.40. The van der Waals surface area contributed by atoms with Gasteiger partial charge in [0.1, 0.15) is 11.5 Å². The van der Waals surface area contributed by atoms with Crippen molar-refractivity contribution in [1.82, 2.24) is 19.7 Å². The van der Waals surface area contributed by atoms with Crippen molar-refractivity contribution >= 4 is 22.6 Å². The molecule has 4 aromatic rings. The highest BCUT2D eigenvalue weighted by atomic mass is 16.5. The SMILES string of the molecule is C=CC(=O)N1CCCC(n2nc(N)c3c(-c4ccc(Oc5ccccc5)cc4)nccc32)C1. The average molecular weight is 440 g/mol. The lowest BCUT2D eigenvalue weighted by Gasteiger charge is -2.32. The molecule has 33 heavy (non-hydrogen) atoms. The number of anilines is 1. The summed E-state index contributed by atoms with van der Waals surface area (Å²) in [5.41, 5.74) is 9.00. The van der Waals surface area contributed by atoms with Crippen molar-refractivity contribution in [3.05, 3.63) is 79.5 Å². The maximum absolute atomic E-state index is 12.1. The van der Waals surface area contributed by atoms with Crippen LogP contribution in [0.3, 0.4) is 0 Å². The number of piperidine rings is 1. The zero-order chi connectivity index (χ0) is 22.8. The van der Waals surface area contributed by atoms with E-state index in [0.717, 1.165) is 53.0 Å². The van der Waals surface area contributed by atoms with Gasteiger partial charge >= 0.3 is 0 Å². The van der Waals surface area contributed by atoms with Gasteiger partial charge in [-0.2, -0.15) is 5.10 Å². The van der Waals surface area contributed by atoms with Crippen LogP contribution in [0.25, 0.3) is 22.2 Å². The second-order valence-corrected chi connectivity index (χ2v) is 8.11. The van der Waals surface area contributed by atoms with Crippen LogP contribution in [0.4, 0.5) is 5.82 Å². The number of hydrogen-bond acceptors (Lipinski definition) is 5. The Labute approximate surface area is 192 Å². The lowest BCUT2D eigenvalue weighted by atomic mass is 10.0. The first kappa shape index (κ1) is 20.8. The fraction of sp³-hybridized carbons (Fsp3) is 0.192. The molecular weight excluding hydrogens is 414 g/mol. The van der Waals surface area contributed by atoms with Gasteiger partial charge in [-0.15, -0.1) is 0 Å². The standard InChI is InChI=1S/C26H25N5O2/c1-2-23(32)30-16-6-7-19(17-30)31-22-14-15-28-25(24(22)26(27)29-31)18-10-12-21(13-11-18)33-20-8-4-3-5-9-20/h2-5,8-15,19H,1,6-7,16-17H2,(H2,27,29). The predicted molar refractivity (Wildman–Crippen MR) is 129 cm³/mol. The number of carbonyl (C=O) groups excluding carboxylic acids is 1. The number of aromatic nitrogens is 3. The Kier molecular flexibility index (Phi) is 5.52. The molecule has 1 fully saturated rings. The lowest BCUT2D eigenvalue weighted by molar-refractivity contribution is -0.127. The van der Waals surface area contributed by atoms with Gasteiger partial charge in [0.05, 0.1) is 22.6 Å². The minimum absolute atomic E-state index is 0.0516. The fourth-order valence-electron chi connectivity index (χ4n) is 4.40. The first-order chi connectivity index (χ1) is 16.1. The quantitative estimate of drug-likeness (QED) is 0.451. The number of benzene rings is 2. The highest BCUT2D eigenvalue weighted by Crippen LogP contribution is 2.35. The number of fused-ring (bicyclic) bond motifs is 1. The third kappa shape index (κ3) is 4.05. The molecule has 1 saturated heterocycles. The Morgan fingerprint density at radius 2 is 1.85 bits per heavy atom. The van der Waals surface area contributed by atoms with Crippen molar-refractivity contribution < 1.29 is 9.53 Å². The number of nitrogens with zero attached hydrogens (tertiary/aromatic N) is 4. The van der Waals surface area contributed by atoms with E-state index >= 15 is 0 Å². The molecule has 1 aliphatic heterocycles. The Morgan fingerprint density at radius 1 is 1.09 bits per heavy atom. The largest absolute Gasteiger partial charge is 0.457 e. The molecule has 2 aromatic carbocycles. The number of ether oxygens (including phenoxy) is 1. The van der Waals surface area contributed by atoms with Gasteiger partial charge < -0.3 is 15.4 Å². The Morgan fingerprint density at radius 3 is 2.61 bits per heavy atom. The maximum Gasteiger partial charge on any atom is 0.246 e. The molecular formula is C26H25N5O2. The molecule has 1 unspecified atom stereocenters. The summed E-state index contributed by atoms with van der Waals surface area (Å²) in [5.74, 6) is 1.91. The monoisotopic (exact) mass is 439 g/mol. The molecule has 7 heteroatoms. The predicted octanol–water partition coefficient (Wildman–Crippen LogP) is 4.82. The molecule has 2 aromatic heterocycles. The number of para-hydroxylation sites is 1. The number of likely N-dealkylation sites (tertiary alicyclic amines) is 1. The summed E-state index contributed by atoms with van der Waals surface area (Å²) < 4.78 is 7.85. The van der Waals surface area contributed by atoms with Gasteiger partial charge in [-0.05, 0) is 61.4 Å². The molecule has 0 bridgehead atoms. The zero-order valence-electron chi connectivity index (χ0n) is 18.2. The smallest absolute Gasteiger partial charge is 0.246 e.